The van der Waals surface area contributed by atoms with Crippen LogP contribution < -0.4 is 0 Å². The number of imidazole rings is 1. The number of pyridine rings is 1. The van der Waals surface area contributed by atoms with Crippen molar-refractivity contribution in [3.8, 4) is 11.3 Å². The maximum Gasteiger partial charge on any atom is 0.137 e. The van der Waals surface area contributed by atoms with Gasteiger partial charge in [-0.1, -0.05) is 0 Å². The van der Waals surface area contributed by atoms with Crippen LogP contribution in [0.1, 0.15) is 11.1 Å². The van der Waals surface area contributed by atoms with E-state index in [1.165, 1.54) is 6.07 Å². The third-order valence-corrected chi connectivity index (χ3v) is 3.16. The number of aliphatic hydroxyl groups excluding tert-OH is 1. The first kappa shape index (κ1) is 11.9. The smallest absolute Gasteiger partial charge is 0.137 e. The summed E-state index contributed by atoms with van der Waals surface area (Å²) in [7, 11) is 0. The lowest BCUT2D eigenvalue weighted by atomic mass is 10.1. The number of halogens is 1. The predicted octanol–water partition coefficient (Wildman–Crippen LogP) is 2.94. The van der Waals surface area contributed by atoms with Gasteiger partial charge in [0, 0.05) is 18.0 Å². The zero-order valence-corrected chi connectivity index (χ0v) is 10.5. The second-order valence-corrected chi connectivity index (χ2v) is 4.55. The molecule has 0 bridgehead atoms. The predicted molar refractivity (Wildman–Crippen MR) is 71.2 cm³/mol. The molecule has 0 amide bonds. The largest absolute Gasteiger partial charge is 0.392 e. The van der Waals surface area contributed by atoms with Gasteiger partial charge >= 0.3 is 0 Å². The van der Waals surface area contributed by atoms with Crippen LogP contribution in [0.2, 0.25) is 0 Å². The van der Waals surface area contributed by atoms with Crippen LogP contribution in [0, 0.1) is 12.7 Å². The zero-order chi connectivity index (χ0) is 13.4. The summed E-state index contributed by atoms with van der Waals surface area (Å²) >= 11 is 0. The molecule has 0 radical (unpaired) electrons. The molecule has 3 nitrogen and oxygen atoms in total. The lowest BCUT2D eigenvalue weighted by molar-refractivity contribution is 0.282. The van der Waals surface area contributed by atoms with Gasteiger partial charge < -0.3 is 9.51 Å². The molecule has 96 valence electrons. The number of nitrogens with zero attached hydrogens (tertiary/aromatic N) is 2. The summed E-state index contributed by atoms with van der Waals surface area (Å²) in [4.78, 5) is 4.49. The molecule has 2 aromatic heterocycles. The number of hydrogen-bond donors (Lipinski definition) is 1. The molecule has 0 aliphatic heterocycles. The van der Waals surface area contributed by atoms with E-state index in [-0.39, 0.29) is 12.4 Å². The molecule has 0 fully saturated rings. The highest BCUT2D eigenvalue weighted by molar-refractivity contribution is 5.63. The number of benzene rings is 1. The lowest BCUT2D eigenvalue weighted by Crippen LogP contribution is -1.87. The van der Waals surface area contributed by atoms with Gasteiger partial charge in [-0.25, -0.2) is 9.37 Å². The fourth-order valence-corrected chi connectivity index (χ4v) is 2.07. The molecule has 0 saturated carbocycles. The number of hydrogen-bond acceptors (Lipinski definition) is 2. The molecule has 0 spiro atoms. The average Bonchev–Trinajstić information content (AvgIpc) is 2.84. The van der Waals surface area contributed by atoms with Gasteiger partial charge in [0.1, 0.15) is 11.5 Å². The molecule has 1 aromatic carbocycles. The van der Waals surface area contributed by atoms with E-state index >= 15 is 0 Å². The van der Waals surface area contributed by atoms with E-state index in [1.807, 2.05) is 28.9 Å². The van der Waals surface area contributed by atoms with E-state index < -0.39 is 0 Å². The second-order valence-electron chi connectivity index (χ2n) is 4.55. The summed E-state index contributed by atoms with van der Waals surface area (Å²) in [6, 6.07) is 8.63. The summed E-state index contributed by atoms with van der Waals surface area (Å²) in [5, 5.41) is 9.11. The van der Waals surface area contributed by atoms with Crippen LogP contribution in [-0.2, 0) is 6.61 Å². The fraction of sp³-hybridized carbons (Fsp3) is 0.133. The molecule has 19 heavy (non-hydrogen) atoms. The highest BCUT2D eigenvalue weighted by Gasteiger charge is 2.06. The standard InChI is InChI=1S/C15H13FN2O/c1-10-6-12(2-3-13(10)16)14-8-18-5-4-11(9-19)7-15(18)17-14/h2-8,19H,9H2,1H3. The molecule has 2 heterocycles. The topological polar surface area (TPSA) is 37.5 Å². The van der Waals surface area contributed by atoms with Gasteiger partial charge in [-0.3, -0.25) is 0 Å². The quantitative estimate of drug-likeness (QED) is 0.765. The van der Waals surface area contributed by atoms with Crippen molar-refractivity contribution in [2.45, 2.75) is 13.5 Å². The van der Waals surface area contributed by atoms with Gasteiger partial charge in [-0.2, -0.15) is 0 Å². The normalized spacial score (nSPS) is 11.1. The number of aryl methyl sites for hydroxylation is 1. The summed E-state index contributed by atoms with van der Waals surface area (Å²) in [6.07, 6.45) is 3.75. The van der Waals surface area contributed by atoms with Crippen molar-refractivity contribution in [2.24, 2.45) is 0 Å². The molecule has 3 rings (SSSR count). The minimum Gasteiger partial charge on any atom is -0.392 e. The van der Waals surface area contributed by atoms with Crippen LogP contribution in [0.25, 0.3) is 16.9 Å². The van der Waals surface area contributed by atoms with E-state index in [2.05, 4.69) is 4.98 Å². The van der Waals surface area contributed by atoms with Crippen LogP contribution in [0.3, 0.4) is 0 Å². The van der Waals surface area contributed by atoms with E-state index in [0.29, 0.717) is 5.56 Å². The Bertz CT molecular complexity index is 749. The van der Waals surface area contributed by atoms with Gasteiger partial charge in [0.25, 0.3) is 0 Å². The van der Waals surface area contributed by atoms with Crippen LogP contribution >= 0.6 is 0 Å². The zero-order valence-electron chi connectivity index (χ0n) is 10.5. The van der Waals surface area contributed by atoms with Gasteiger partial charge in [0.15, 0.2) is 0 Å². The van der Waals surface area contributed by atoms with E-state index in [4.69, 9.17) is 5.11 Å². The van der Waals surface area contributed by atoms with Crippen molar-refractivity contribution in [1.29, 1.82) is 0 Å². The molecule has 1 N–H and O–H groups in total. The maximum atomic E-state index is 13.3. The van der Waals surface area contributed by atoms with E-state index in [1.54, 1.807) is 19.1 Å². The van der Waals surface area contributed by atoms with E-state index in [9.17, 15) is 4.39 Å². The Morgan fingerprint density at radius 1 is 1.26 bits per heavy atom. The first-order valence-corrected chi connectivity index (χ1v) is 6.02. The van der Waals surface area contributed by atoms with Gasteiger partial charge in [-0.15, -0.1) is 0 Å². The number of rotatable bonds is 2. The minimum absolute atomic E-state index is 0.00561. The number of aromatic nitrogens is 2. The van der Waals surface area contributed by atoms with Crippen molar-refractivity contribution in [2.75, 3.05) is 0 Å². The molecule has 3 aromatic rings. The van der Waals surface area contributed by atoms with Crippen LogP contribution in [-0.4, -0.2) is 14.5 Å². The average molecular weight is 256 g/mol. The monoisotopic (exact) mass is 256 g/mol. The summed E-state index contributed by atoms with van der Waals surface area (Å²) in [6.45, 7) is 1.73. The Hall–Kier alpha value is -2.20. The molecule has 4 heteroatoms. The minimum atomic E-state index is -0.213. The first-order valence-electron chi connectivity index (χ1n) is 6.02. The summed E-state index contributed by atoms with van der Waals surface area (Å²) in [5.41, 5.74) is 3.86. The highest BCUT2D eigenvalue weighted by Crippen LogP contribution is 2.22. The first-order chi connectivity index (χ1) is 9.17. The van der Waals surface area contributed by atoms with E-state index in [0.717, 1.165) is 22.5 Å². The maximum absolute atomic E-state index is 13.3. The van der Waals surface area contributed by atoms with Crippen LogP contribution in [0.4, 0.5) is 4.39 Å². The third-order valence-electron chi connectivity index (χ3n) is 3.16. The van der Waals surface area contributed by atoms with Crippen molar-refractivity contribution in [3.63, 3.8) is 0 Å². The Kier molecular flexibility index (Phi) is 2.80. The van der Waals surface area contributed by atoms with Crippen molar-refractivity contribution < 1.29 is 9.50 Å². The Morgan fingerprint density at radius 2 is 2.11 bits per heavy atom. The number of fused-ring (bicyclic) bond motifs is 1. The van der Waals surface area contributed by atoms with Gasteiger partial charge in [0.05, 0.1) is 12.3 Å². The van der Waals surface area contributed by atoms with Crippen LogP contribution in [0.15, 0.2) is 42.7 Å². The highest BCUT2D eigenvalue weighted by atomic mass is 19.1. The van der Waals surface area contributed by atoms with Crippen molar-refractivity contribution >= 4 is 5.65 Å². The summed E-state index contributed by atoms with van der Waals surface area (Å²) in [5.74, 6) is -0.213. The van der Waals surface area contributed by atoms with Crippen LogP contribution in [0.5, 0.6) is 0 Å². The fourth-order valence-electron chi connectivity index (χ4n) is 2.07. The lowest BCUT2D eigenvalue weighted by Gasteiger charge is -1.99. The van der Waals surface area contributed by atoms with Gasteiger partial charge in [0.2, 0.25) is 0 Å². The molecular formula is C15H13FN2O. The van der Waals surface area contributed by atoms with Crippen molar-refractivity contribution in [1.82, 2.24) is 9.38 Å². The molecule has 0 unspecified atom stereocenters. The third kappa shape index (κ3) is 2.11. The second kappa shape index (κ2) is 4.48. The Labute approximate surface area is 110 Å². The molecule has 0 atom stereocenters. The molecule has 0 aliphatic carbocycles. The Balaban J connectivity index is 2.11. The molecule has 0 saturated heterocycles. The number of aliphatic hydroxyl groups is 1. The molecule has 0 aliphatic rings. The SMILES string of the molecule is Cc1cc(-c2cn3ccc(CO)cc3n2)ccc1F. The van der Waals surface area contributed by atoms with Gasteiger partial charge in [-0.05, 0) is 48.4 Å². The summed E-state index contributed by atoms with van der Waals surface area (Å²) < 4.78 is 15.1. The molecular weight excluding hydrogens is 243 g/mol. The Morgan fingerprint density at radius 3 is 2.84 bits per heavy atom. The van der Waals surface area contributed by atoms with Crippen molar-refractivity contribution in [3.05, 3.63) is 59.7 Å².